The van der Waals surface area contributed by atoms with Gasteiger partial charge in [0.15, 0.2) is 0 Å². The zero-order valence-corrected chi connectivity index (χ0v) is 15.6. The molecule has 0 amide bonds. The van der Waals surface area contributed by atoms with Crippen LogP contribution in [0.1, 0.15) is 5.56 Å². The summed E-state index contributed by atoms with van der Waals surface area (Å²) in [7, 11) is 3.37. The van der Waals surface area contributed by atoms with Crippen LogP contribution in [0, 0.1) is 0 Å². The zero-order valence-electron chi connectivity index (χ0n) is 15.6. The van der Waals surface area contributed by atoms with Crippen LogP contribution >= 0.6 is 0 Å². The quantitative estimate of drug-likeness (QED) is 0.654. The Balaban J connectivity index is 1.77. The molecular weight excluding hydrogens is 387 g/mol. The molecule has 3 rings (SSSR count). The van der Waals surface area contributed by atoms with Gasteiger partial charge in [0.1, 0.15) is 11.6 Å². The van der Waals surface area contributed by atoms with E-state index in [2.05, 4.69) is 25.3 Å². The first kappa shape index (κ1) is 20.2. The molecular formula is C19H18F3N5O2. The van der Waals surface area contributed by atoms with Crippen molar-refractivity contribution in [2.24, 2.45) is 7.05 Å². The van der Waals surface area contributed by atoms with Gasteiger partial charge >= 0.3 is 6.36 Å². The highest BCUT2D eigenvalue weighted by atomic mass is 19.4. The minimum atomic E-state index is -4.72. The van der Waals surface area contributed by atoms with Gasteiger partial charge in [-0.2, -0.15) is 4.98 Å². The number of alkyl halides is 3. The molecule has 0 aliphatic heterocycles. The molecule has 1 aromatic carbocycles. The molecule has 0 atom stereocenters. The number of aromatic nitrogens is 3. The number of ether oxygens (including phenoxy) is 1. The summed E-state index contributed by atoms with van der Waals surface area (Å²) < 4.78 is 42.0. The monoisotopic (exact) mass is 405 g/mol. The van der Waals surface area contributed by atoms with Crippen LogP contribution in [0.25, 0.3) is 11.3 Å². The second-order valence-electron chi connectivity index (χ2n) is 6.12. The number of hydrogen-bond acceptors (Lipinski definition) is 6. The number of nitrogens with zero attached hydrogens (tertiary/aromatic N) is 3. The van der Waals surface area contributed by atoms with E-state index in [1.165, 1.54) is 34.9 Å². The van der Waals surface area contributed by atoms with Crippen molar-refractivity contribution in [1.82, 2.24) is 14.5 Å². The van der Waals surface area contributed by atoms with Crippen LogP contribution in [0.5, 0.6) is 5.75 Å². The van der Waals surface area contributed by atoms with Gasteiger partial charge in [-0.3, -0.25) is 4.79 Å². The molecule has 0 aliphatic rings. The van der Waals surface area contributed by atoms with Crippen molar-refractivity contribution in [3.8, 4) is 17.0 Å². The largest absolute Gasteiger partial charge is 0.573 e. The van der Waals surface area contributed by atoms with E-state index in [0.717, 1.165) is 11.1 Å². The normalized spacial score (nSPS) is 11.2. The number of aryl methyl sites for hydroxylation is 1. The molecule has 0 aliphatic carbocycles. The topological polar surface area (TPSA) is 81.1 Å². The molecule has 2 heterocycles. The van der Waals surface area contributed by atoms with Gasteiger partial charge in [-0.05, 0) is 23.8 Å². The highest BCUT2D eigenvalue weighted by Crippen LogP contribution is 2.23. The van der Waals surface area contributed by atoms with Crippen molar-refractivity contribution in [1.29, 1.82) is 0 Å². The van der Waals surface area contributed by atoms with Crippen molar-refractivity contribution in [3.63, 3.8) is 0 Å². The number of benzene rings is 1. The number of anilines is 2. The molecule has 0 fully saturated rings. The van der Waals surface area contributed by atoms with Gasteiger partial charge in [-0.1, -0.05) is 12.1 Å². The molecule has 29 heavy (non-hydrogen) atoms. The third-order valence-electron chi connectivity index (χ3n) is 3.97. The van der Waals surface area contributed by atoms with Crippen LogP contribution in [0.3, 0.4) is 0 Å². The summed E-state index contributed by atoms with van der Waals surface area (Å²) in [5, 5.41) is 5.99. The lowest BCUT2D eigenvalue weighted by Crippen LogP contribution is -2.17. The summed E-state index contributed by atoms with van der Waals surface area (Å²) >= 11 is 0. The fraction of sp³-hybridized carbons (Fsp3) is 0.211. The number of pyridine rings is 1. The SMILES string of the molecule is CNc1cc(-c2ccc(=O)n(C)c2)nc(NCc2ccc(OC(F)(F)F)cc2)n1. The summed E-state index contributed by atoms with van der Waals surface area (Å²) in [6, 6.07) is 10.4. The molecule has 0 radical (unpaired) electrons. The predicted octanol–water partition coefficient (Wildman–Crippen LogP) is 3.39. The van der Waals surface area contributed by atoms with Crippen LogP contribution in [-0.2, 0) is 13.6 Å². The van der Waals surface area contributed by atoms with Crippen molar-refractivity contribution in [2.75, 3.05) is 17.7 Å². The Labute approximate surface area is 164 Å². The Morgan fingerprint density at radius 2 is 1.83 bits per heavy atom. The second kappa shape index (κ2) is 8.21. The minimum absolute atomic E-state index is 0.132. The molecule has 0 saturated heterocycles. The van der Waals surface area contributed by atoms with Gasteiger partial charge in [0.2, 0.25) is 11.5 Å². The Bertz CT molecular complexity index is 1050. The molecule has 3 aromatic rings. The molecule has 0 bridgehead atoms. The van der Waals surface area contributed by atoms with E-state index in [9.17, 15) is 18.0 Å². The lowest BCUT2D eigenvalue weighted by molar-refractivity contribution is -0.274. The molecule has 152 valence electrons. The highest BCUT2D eigenvalue weighted by Gasteiger charge is 2.30. The third-order valence-corrected chi connectivity index (χ3v) is 3.97. The summed E-state index contributed by atoms with van der Waals surface area (Å²) in [6.07, 6.45) is -3.05. The third kappa shape index (κ3) is 5.47. The van der Waals surface area contributed by atoms with Gasteiger partial charge in [-0.15, -0.1) is 13.2 Å². The van der Waals surface area contributed by atoms with Gasteiger partial charge in [-0.25, -0.2) is 4.98 Å². The average Bonchev–Trinajstić information content (AvgIpc) is 2.68. The van der Waals surface area contributed by atoms with E-state index in [-0.39, 0.29) is 11.3 Å². The molecule has 7 nitrogen and oxygen atoms in total. The Morgan fingerprint density at radius 1 is 1.10 bits per heavy atom. The molecule has 0 unspecified atom stereocenters. The first-order chi connectivity index (χ1) is 13.7. The van der Waals surface area contributed by atoms with Crippen LogP contribution in [0.4, 0.5) is 24.9 Å². The molecule has 0 spiro atoms. The predicted molar refractivity (Wildman–Crippen MR) is 103 cm³/mol. The fourth-order valence-electron chi connectivity index (χ4n) is 2.54. The first-order valence-electron chi connectivity index (χ1n) is 8.56. The number of nitrogens with one attached hydrogen (secondary N) is 2. The Morgan fingerprint density at radius 3 is 2.45 bits per heavy atom. The standard InChI is InChI=1S/C19H18F3N5O2/c1-23-16-9-15(13-5-8-17(28)27(2)11-13)25-18(26-16)24-10-12-3-6-14(7-4-12)29-19(20,21)22/h3-9,11H,10H2,1-2H3,(H2,23,24,25,26). The number of hydrogen-bond donors (Lipinski definition) is 2. The van der Waals surface area contributed by atoms with Crippen LogP contribution < -0.4 is 20.9 Å². The lowest BCUT2D eigenvalue weighted by atomic mass is 10.2. The Hall–Kier alpha value is -3.56. The summed E-state index contributed by atoms with van der Waals surface area (Å²) in [4.78, 5) is 20.4. The maximum Gasteiger partial charge on any atom is 0.573 e. The van der Waals surface area contributed by atoms with Crippen molar-refractivity contribution < 1.29 is 17.9 Å². The van der Waals surface area contributed by atoms with E-state index in [1.807, 2.05) is 0 Å². The molecule has 2 N–H and O–H groups in total. The van der Waals surface area contributed by atoms with Crippen LogP contribution in [0.15, 0.2) is 53.5 Å². The molecule has 2 aromatic heterocycles. The van der Waals surface area contributed by atoms with E-state index in [4.69, 9.17) is 0 Å². The molecule has 10 heteroatoms. The van der Waals surface area contributed by atoms with E-state index in [1.54, 1.807) is 32.4 Å². The van der Waals surface area contributed by atoms with Gasteiger partial charge in [0.05, 0.1) is 5.69 Å². The van der Waals surface area contributed by atoms with Gasteiger partial charge in [0, 0.05) is 44.5 Å². The fourth-order valence-corrected chi connectivity index (χ4v) is 2.54. The smallest absolute Gasteiger partial charge is 0.406 e. The van der Waals surface area contributed by atoms with Crippen LogP contribution in [-0.4, -0.2) is 27.9 Å². The van der Waals surface area contributed by atoms with E-state index >= 15 is 0 Å². The first-order valence-corrected chi connectivity index (χ1v) is 8.56. The van der Waals surface area contributed by atoms with E-state index in [0.29, 0.717) is 24.0 Å². The average molecular weight is 405 g/mol. The van der Waals surface area contributed by atoms with Crippen molar-refractivity contribution in [3.05, 3.63) is 64.6 Å². The maximum atomic E-state index is 12.2. The van der Waals surface area contributed by atoms with Gasteiger partial charge < -0.3 is 19.9 Å². The highest BCUT2D eigenvalue weighted by molar-refractivity contribution is 5.63. The summed E-state index contributed by atoms with van der Waals surface area (Å²) in [6.45, 7) is 0.298. The van der Waals surface area contributed by atoms with E-state index < -0.39 is 6.36 Å². The maximum absolute atomic E-state index is 12.2. The summed E-state index contributed by atoms with van der Waals surface area (Å²) in [5.41, 5.74) is 1.94. The minimum Gasteiger partial charge on any atom is -0.406 e. The molecule has 0 saturated carbocycles. The summed E-state index contributed by atoms with van der Waals surface area (Å²) in [5.74, 6) is 0.614. The number of rotatable bonds is 6. The van der Waals surface area contributed by atoms with Crippen molar-refractivity contribution >= 4 is 11.8 Å². The van der Waals surface area contributed by atoms with Gasteiger partial charge in [0.25, 0.3) is 0 Å². The zero-order chi connectivity index (χ0) is 21.0. The number of halogens is 3. The second-order valence-corrected chi connectivity index (χ2v) is 6.12. The van der Waals surface area contributed by atoms with Crippen molar-refractivity contribution in [2.45, 2.75) is 12.9 Å². The Kier molecular flexibility index (Phi) is 5.71. The van der Waals surface area contributed by atoms with Crippen LogP contribution in [0.2, 0.25) is 0 Å². The lowest BCUT2D eigenvalue weighted by Gasteiger charge is -2.11.